The Morgan fingerprint density at radius 2 is 2.15 bits per heavy atom. The number of hydroxylamine groups is 1. The van der Waals surface area contributed by atoms with Crippen LogP contribution in [0.25, 0.3) is 0 Å². The highest BCUT2D eigenvalue weighted by Crippen LogP contribution is 2.32. The van der Waals surface area contributed by atoms with Crippen LogP contribution in [0.1, 0.15) is 10.4 Å². The zero-order valence-electron chi connectivity index (χ0n) is 10.2. The van der Waals surface area contributed by atoms with E-state index in [1.807, 2.05) is 0 Å². The number of amides is 2. The van der Waals surface area contributed by atoms with Crippen LogP contribution in [0.4, 0.5) is 5.69 Å². The van der Waals surface area contributed by atoms with Crippen molar-refractivity contribution in [2.45, 2.75) is 0 Å². The molecular weight excluding hydrogens is 294 g/mol. The van der Waals surface area contributed by atoms with Gasteiger partial charge in [0.05, 0.1) is 30.2 Å². The maximum atomic E-state index is 11.8. The zero-order chi connectivity index (χ0) is 15.3. The molecule has 10 heteroatoms. The molecule has 0 fully saturated rings. The fourth-order valence-corrected chi connectivity index (χ4v) is 1.56. The molecule has 0 radical (unpaired) electrons. The van der Waals surface area contributed by atoms with Gasteiger partial charge in [-0.2, -0.15) is 0 Å². The number of rotatable bonds is 5. The van der Waals surface area contributed by atoms with Crippen LogP contribution in [0.3, 0.4) is 0 Å². The van der Waals surface area contributed by atoms with Crippen LogP contribution in [0.5, 0.6) is 5.75 Å². The highest BCUT2D eigenvalue weighted by Gasteiger charge is 2.21. The first-order valence-electron chi connectivity index (χ1n) is 5.13. The minimum absolute atomic E-state index is 0.0667. The van der Waals surface area contributed by atoms with Crippen molar-refractivity contribution in [3.8, 4) is 5.75 Å². The highest BCUT2D eigenvalue weighted by molar-refractivity contribution is 6.33. The molecule has 0 aliphatic carbocycles. The maximum Gasteiger partial charge on any atom is 0.291 e. The molecule has 0 heterocycles. The number of hydrogen-bond acceptors (Lipinski definition) is 6. The van der Waals surface area contributed by atoms with Gasteiger partial charge in [0.15, 0.2) is 0 Å². The van der Waals surface area contributed by atoms with Crippen LogP contribution < -0.4 is 15.5 Å². The molecule has 0 aliphatic rings. The Hall–Kier alpha value is -2.39. The molecule has 0 aliphatic heterocycles. The van der Waals surface area contributed by atoms with Crippen molar-refractivity contribution in [2.24, 2.45) is 0 Å². The highest BCUT2D eigenvalue weighted by atomic mass is 35.5. The van der Waals surface area contributed by atoms with E-state index in [0.29, 0.717) is 0 Å². The van der Waals surface area contributed by atoms with Crippen LogP contribution in [0, 0.1) is 10.1 Å². The Kier molecular flexibility index (Phi) is 5.23. The third-order valence-electron chi connectivity index (χ3n) is 2.24. The van der Waals surface area contributed by atoms with Gasteiger partial charge >= 0.3 is 0 Å². The number of benzene rings is 1. The van der Waals surface area contributed by atoms with Gasteiger partial charge in [0.1, 0.15) is 10.8 Å². The molecule has 0 saturated carbocycles. The first-order valence-corrected chi connectivity index (χ1v) is 5.51. The van der Waals surface area contributed by atoms with E-state index in [1.54, 1.807) is 0 Å². The average molecular weight is 304 g/mol. The summed E-state index contributed by atoms with van der Waals surface area (Å²) in [4.78, 5) is 32.6. The van der Waals surface area contributed by atoms with Gasteiger partial charge in [-0.15, -0.1) is 0 Å². The summed E-state index contributed by atoms with van der Waals surface area (Å²) in [6.07, 6.45) is 0. The summed E-state index contributed by atoms with van der Waals surface area (Å²) in [7, 11) is 1.23. The van der Waals surface area contributed by atoms with Crippen molar-refractivity contribution < 1.29 is 24.5 Å². The first kappa shape index (κ1) is 15.7. The lowest BCUT2D eigenvalue weighted by atomic mass is 10.1. The van der Waals surface area contributed by atoms with E-state index in [0.717, 1.165) is 12.1 Å². The molecule has 20 heavy (non-hydrogen) atoms. The average Bonchev–Trinajstić information content (AvgIpc) is 2.43. The van der Waals surface area contributed by atoms with Crippen molar-refractivity contribution in [2.75, 3.05) is 13.7 Å². The van der Waals surface area contributed by atoms with Gasteiger partial charge in [0, 0.05) is 0 Å². The number of nitro groups is 1. The molecule has 1 rings (SSSR count). The maximum absolute atomic E-state index is 11.8. The molecule has 0 spiro atoms. The van der Waals surface area contributed by atoms with Crippen LogP contribution in [0.2, 0.25) is 5.02 Å². The molecule has 0 atom stereocenters. The molecule has 0 bridgehead atoms. The summed E-state index contributed by atoms with van der Waals surface area (Å²) in [5, 5.41) is 20.9. The minimum atomic E-state index is -0.828. The van der Waals surface area contributed by atoms with Crippen LogP contribution >= 0.6 is 11.6 Å². The van der Waals surface area contributed by atoms with Crippen molar-refractivity contribution in [1.82, 2.24) is 10.8 Å². The third kappa shape index (κ3) is 3.56. The van der Waals surface area contributed by atoms with Crippen molar-refractivity contribution in [1.29, 1.82) is 0 Å². The smallest absolute Gasteiger partial charge is 0.291 e. The molecule has 1 aromatic carbocycles. The predicted molar refractivity (Wildman–Crippen MR) is 66.9 cm³/mol. The van der Waals surface area contributed by atoms with Gasteiger partial charge in [0.25, 0.3) is 17.5 Å². The van der Waals surface area contributed by atoms with E-state index < -0.39 is 29.0 Å². The summed E-state index contributed by atoms with van der Waals surface area (Å²) < 4.78 is 4.87. The Morgan fingerprint density at radius 1 is 1.50 bits per heavy atom. The lowest BCUT2D eigenvalue weighted by molar-refractivity contribution is -0.384. The molecule has 1 aromatic rings. The Morgan fingerprint density at radius 3 is 2.65 bits per heavy atom. The topological polar surface area (TPSA) is 131 Å². The number of nitrogens with one attached hydrogen (secondary N) is 2. The second-order valence-corrected chi connectivity index (χ2v) is 3.89. The van der Waals surface area contributed by atoms with Gasteiger partial charge in [-0.1, -0.05) is 11.6 Å². The summed E-state index contributed by atoms with van der Waals surface area (Å²) in [6.45, 7) is -0.479. The number of methoxy groups -OCH3 is 1. The monoisotopic (exact) mass is 303 g/mol. The summed E-state index contributed by atoms with van der Waals surface area (Å²) >= 11 is 5.69. The number of hydrogen-bond donors (Lipinski definition) is 3. The van der Waals surface area contributed by atoms with Crippen LogP contribution in [0.15, 0.2) is 12.1 Å². The number of carbonyl (C=O) groups is 2. The minimum Gasteiger partial charge on any atom is -0.496 e. The van der Waals surface area contributed by atoms with Gasteiger partial charge in [0.2, 0.25) is 0 Å². The van der Waals surface area contributed by atoms with Gasteiger partial charge < -0.3 is 10.1 Å². The SMILES string of the molecule is COc1cc([N+](=O)[O-])c(Cl)cc1C(=O)NCC(=O)NO. The third-order valence-corrected chi connectivity index (χ3v) is 2.55. The first-order chi connectivity index (χ1) is 9.40. The number of carbonyl (C=O) groups excluding carboxylic acids is 2. The Labute approximate surface area is 117 Å². The quantitative estimate of drug-likeness (QED) is 0.412. The number of nitro benzene ring substituents is 1. The van der Waals surface area contributed by atoms with Gasteiger partial charge in [-0.25, -0.2) is 5.48 Å². The van der Waals surface area contributed by atoms with E-state index in [9.17, 15) is 19.7 Å². The van der Waals surface area contributed by atoms with Crippen LogP contribution in [-0.4, -0.2) is 35.6 Å². The lowest BCUT2D eigenvalue weighted by Crippen LogP contribution is -2.35. The van der Waals surface area contributed by atoms with Gasteiger partial charge in [-0.3, -0.25) is 24.9 Å². The number of halogens is 1. The molecule has 108 valence electrons. The van der Waals surface area contributed by atoms with Crippen molar-refractivity contribution in [3.63, 3.8) is 0 Å². The molecule has 0 saturated heterocycles. The van der Waals surface area contributed by atoms with E-state index >= 15 is 0 Å². The van der Waals surface area contributed by atoms with E-state index in [2.05, 4.69) is 5.32 Å². The number of ether oxygens (including phenoxy) is 1. The number of nitrogens with zero attached hydrogens (tertiary/aromatic N) is 1. The lowest BCUT2D eigenvalue weighted by Gasteiger charge is -2.09. The zero-order valence-corrected chi connectivity index (χ0v) is 10.9. The van der Waals surface area contributed by atoms with E-state index in [1.165, 1.54) is 12.6 Å². The standard InChI is InChI=1S/C10H10ClN3O6/c1-20-8-3-7(14(18)19)6(11)2-5(8)10(16)12-4-9(15)13-17/h2-3,17H,4H2,1H3,(H,12,16)(H,13,15). The summed E-state index contributed by atoms with van der Waals surface area (Å²) in [5.41, 5.74) is 0.851. The molecule has 3 N–H and O–H groups in total. The Bertz CT molecular complexity index is 562. The normalized spacial score (nSPS) is 9.75. The Balaban J connectivity index is 3.05. The second kappa shape index (κ2) is 6.68. The largest absolute Gasteiger partial charge is 0.496 e. The molecule has 0 unspecified atom stereocenters. The molecule has 9 nitrogen and oxygen atoms in total. The van der Waals surface area contributed by atoms with Crippen LogP contribution in [-0.2, 0) is 4.79 Å². The molecular formula is C10H10ClN3O6. The molecule has 2 amide bonds. The van der Waals surface area contributed by atoms with Gasteiger partial charge in [-0.05, 0) is 6.07 Å². The van der Waals surface area contributed by atoms with Crippen molar-refractivity contribution in [3.05, 3.63) is 32.8 Å². The fourth-order valence-electron chi connectivity index (χ4n) is 1.32. The summed E-state index contributed by atoms with van der Waals surface area (Å²) in [6, 6.07) is 2.06. The summed E-state index contributed by atoms with van der Waals surface area (Å²) in [5.74, 6) is -1.63. The van der Waals surface area contributed by atoms with E-state index in [4.69, 9.17) is 21.5 Å². The van der Waals surface area contributed by atoms with Crippen molar-refractivity contribution >= 4 is 29.1 Å². The predicted octanol–water partition coefficient (Wildman–Crippen LogP) is 0.492. The van der Waals surface area contributed by atoms with E-state index in [-0.39, 0.29) is 16.3 Å². The molecule has 0 aromatic heterocycles. The fraction of sp³-hybridized carbons (Fsp3) is 0.200. The second-order valence-electron chi connectivity index (χ2n) is 3.48.